The molecule has 4 atom stereocenters. The first kappa shape index (κ1) is 8.35. The van der Waals surface area contributed by atoms with Crippen molar-refractivity contribution in [1.82, 2.24) is 0 Å². The van der Waals surface area contributed by atoms with Crippen molar-refractivity contribution in [1.29, 1.82) is 0 Å². The molecule has 0 aromatic heterocycles. The van der Waals surface area contributed by atoms with Crippen LogP contribution in [0.2, 0.25) is 0 Å². The van der Waals surface area contributed by atoms with E-state index < -0.39 is 0 Å². The van der Waals surface area contributed by atoms with Gasteiger partial charge in [0.05, 0.1) is 11.7 Å². The highest BCUT2D eigenvalue weighted by Gasteiger charge is 2.61. The quantitative estimate of drug-likeness (QED) is 0.677. The lowest BCUT2D eigenvalue weighted by Crippen LogP contribution is -2.32. The van der Waals surface area contributed by atoms with Gasteiger partial charge < -0.3 is 4.74 Å². The molecule has 0 N–H and O–H groups in total. The van der Waals surface area contributed by atoms with Crippen LogP contribution >= 0.6 is 0 Å². The lowest BCUT2D eigenvalue weighted by molar-refractivity contribution is -0.0805. The molecule has 2 aliphatic carbocycles. The molecule has 1 heteroatoms. The monoisotopic (exact) mass is 200 g/mol. The van der Waals surface area contributed by atoms with Gasteiger partial charge in [-0.15, -0.1) is 0 Å². The highest BCUT2D eigenvalue weighted by Crippen LogP contribution is 2.63. The predicted octanol–water partition coefficient (Wildman–Crippen LogP) is 3.10. The largest absolute Gasteiger partial charge is 0.367 e. The number of ether oxygens (including phenoxy) is 1. The van der Waals surface area contributed by atoms with Crippen molar-refractivity contribution in [3.63, 3.8) is 0 Å². The minimum absolute atomic E-state index is 0.120. The third-order valence-electron chi connectivity index (χ3n) is 4.78. The summed E-state index contributed by atoms with van der Waals surface area (Å²) in [6, 6.07) is 10.9. The van der Waals surface area contributed by atoms with Gasteiger partial charge in [0.25, 0.3) is 0 Å². The van der Waals surface area contributed by atoms with Crippen molar-refractivity contribution in [2.75, 3.05) is 0 Å². The molecule has 2 saturated carbocycles. The average molecular weight is 200 g/mol. The second-order valence-corrected chi connectivity index (χ2v) is 5.37. The van der Waals surface area contributed by atoms with Crippen LogP contribution < -0.4 is 0 Å². The number of fused-ring (bicyclic) bond motifs is 1. The zero-order valence-corrected chi connectivity index (χ0v) is 8.86. The van der Waals surface area contributed by atoms with Crippen LogP contribution in [-0.4, -0.2) is 6.10 Å². The molecule has 15 heavy (non-hydrogen) atoms. The van der Waals surface area contributed by atoms with Crippen LogP contribution in [0.15, 0.2) is 30.3 Å². The maximum Gasteiger partial charge on any atom is 0.0966 e. The van der Waals surface area contributed by atoms with Gasteiger partial charge in [-0.3, -0.25) is 0 Å². The van der Waals surface area contributed by atoms with Crippen molar-refractivity contribution in [2.24, 2.45) is 11.8 Å². The summed E-state index contributed by atoms with van der Waals surface area (Å²) in [5.74, 6) is 1.79. The fourth-order valence-electron chi connectivity index (χ4n) is 4.24. The van der Waals surface area contributed by atoms with Crippen LogP contribution in [-0.2, 0) is 10.3 Å². The Kier molecular flexibility index (Phi) is 1.47. The number of rotatable bonds is 1. The molecule has 4 rings (SSSR count). The Morgan fingerprint density at radius 1 is 1.13 bits per heavy atom. The van der Waals surface area contributed by atoms with Crippen LogP contribution in [0.25, 0.3) is 0 Å². The second-order valence-electron chi connectivity index (χ2n) is 5.37. The van der Waals surface area contributed by atoms with Gasteiger partial charge in [0.2, 0.25) is 0 Å². The molecule has 0 unspecified atom stereocenters. The van der Waals surface area contributed by atoms with E-state index in [0.717, 1.165) is 11.8 Å². The molecule has 1 nitrogen and oxygen atoms in total. The molecule has 0 spiro atoms. The fraction of sp³-hybridized carbons (Fsp3) is 0.571. The predicted molar refractivity (Wildman–Crippen MR) is 58.4 cm³/mol. The van der Waals surface area contributed by atoms with E-state index in [0.29, 0.717) is 6.10 Å². The number of hydrogen-bond acceptors (Lipinski definition) is 1. The summed E-state index contributed by atoms with van der Waals surface area (Å²) >= 11 is 0. The third kappa shape index (κ3) is 0.926. The molecule has 3 aliphatic rings. The number of benzene rings is 1. The Morgan fingerprint density at radius 2 is 2.00 bits per heavy atom. The SMILES string of the molecule is c1ccc([C@@]23CC[C@@H]4C[C@@H](C[C@H]42)O3)cc1. The molecule has 1 aliphatic heterocycles. The molecule has 0 amide bonds. The van der Waals surface area contributed by atoms with Crippen LogP contribution in [0, 0.1) is 11.8 Å². The first-order chi connectivity index (χ1) is 7.38. The zero-order valence-electron chi connectivity index (χ0n) is 8.86. The molecule has 1 saturated heterocycles. The van der Waals surface area contributed by atoms with Crippen LogP contribution in [0.3, 0.4) is 0 Å². The Labute approximate surface area is 90.4 Å². The van der Waals surface area contributed by atoms with Gasteiger partial charge in [-0.25, -0.2) is 0 Å². The molecular weight excluding hydrogens is 184 g/mol. The molecule has 3 fully saturated rings. The van der Waals surface area contributed by atoms with Crippen LogP contribution in [0.4, 0.5) is 0 Å². The van der Waals surface area contributed by atoms with Crippen molar-refractivity contribution in [2.45, 2.75) is 37.4 Å². The van der Waals surface area contributed by atoms with Gasteiger partial charge in [-0.1, -0.05) is 30.3 Å². The highest BCUT2D eigenvalue weighted by molar-refractivity contribution is 5.29. The van der Waals surface area contributed by atoms with Crippen molar-refractivity contribution in [3.8, 4) is 0 Å². The molecule has 2 bridgehead atoms. The summed E-state index contributed by atoms with van der Waals surface area (Å²) < 4.78 is 6.32. The summed E-state index contributed by atoms with van der Waals surface area (Å²) in [5.41, 5.74) is 1.55. The normalized spacial score (nSPS) is 46.3. The molecule has 78 valence electrons. The van der Waals surface area contributed by atoms with Crippen LogP contribution in [0.5, 0.6) is 0 Å². The van der Waals surface area contributed by atoms with E-state index in [-0.39, 0.29) is 5.60 Å². The molecular formula is C14H16O. The first-order valence-corrected chi connectivity index (χ1v) is 6.12. The first-order valence-electron chi connectivity index (χ1n) is 6.12. The van der Waals surface area contributed by atoms with E-state index in [1.807, 2.05) is 0 Å². The van der Waals surface area contributed by atoms with E-state index in [2.05, 4.69) is 30.3 Å². The van der Waals surface area contributed by atoms with E-state index in [1.165, 1.54) is 31.2 Å². The topological polar surface area (TPSA) is 9.23 Å². The smallest absolute Gasteiger partial charge is 0.0966 e. The summed E-state index contributed by atoms with van der Waals surface area (Å²) in [5, 5.41) is 0. The van der Waals surface area contributed by atoms with Gasteiger partial charge in [0, 0.05) is 0 Å². The van der Waals surface area contributed by atoms with E-state index in [4.69, 9.17) is 4.74 Å². The number of hydrogen-bond donors (Lipinski definition) is 0. The lowest BCUT2D eigenvalue weighted by atomic mass is 9.82. The third-order valence-corrected chi connectivity index (χ3v) is 4.78. The van der Waals surface area contributed by atoms with E-state index >= 15 is 0 Å². The van der Waals surface area contributed by atoms with Gasteiger partial charge in [0.1, 0.15) is 0 Å². The average Bonchev–Trinajstić information content (AvgIpc) is 2.87. The molecule has 1 aromatic rings. The Morgan fingerprint density at radius 3 is 2.80 bits per heavy atom. The summed E-state index contributed by atoms with van der Waals surface area (Å²) in [6.45, 7) is 0. The molecule has 0 radical (unpaired) electrons. The van der Waals surface area contributed by atoms with Crippen molar-refractivity contribution >= 4 is 0 Å². The maximum atomic E-state index is 6.32. The van der Waals surface area contributed by atoms with Gasteiger partial charge in [-0.05, 0) is 43.1 Å². The Hall–Kier alpha value is -0.820. The second kappa shape index (κ2) is 2.65. The standard InChI is InChI=1S/C14H16O/c1-2-4-11(5-3-1)14-7-6-10-8-12(15-14)9-13(10)14/h1-5,10,12-13H,6-9H2/t10-,12+,13-,14+/m1/s1. The van der Waals surface area contributed by atoms with Gasteiger partial charge in [0.15, 0.2) is 0 Å². The minimum Gasteiger partial charge on any atom is -0.367 e. The van der Waals surface area contributed by atoms with Gasteiger partial charge in [-0.2, -0.15) is 0 Å². The zero-order chi connectivity index (χ0) is 9.88. The van der Waals surface area contributed by atoms with E-state index in [1.54, 1.807) is 0 Å². The van der Waals surface area contributed by atoms with E-state index in [9.17, 15) is 0 Å². The lowest BCUT2D eigenvalue weighted by Gasteiger charge is -2.34. The highest BCUT2D eigenvalue weighted by atomic mass is 16.5. The summed E-state index contributed by atoms with van der Waals surface area (Å²) in [7, 11) is 0. The van der Waals surface area contributed by atoms with Crippen molar-refractivity contribution in [3.05, 3.63) is 35.9 Å². The van der Waals surface area contributed by atoms with Gasteiger partial charge >= 0.3 is 0 Å². The summed E-state index contributed by atoms with van der Waals surface area (Å²) in [4.78, 5) is 0. The minimum atomic E-state index is 0.120. The van der Waals surface area contributed by atoms with Crippen LogP contribution in [0.1, 0.15) is 31.2 Å². The molecule has 1 aromatic carbocycles. The fourth-order valence-corrected chi connectivity index (χ4v) is 4.24. The maximum absolute atomic E-state index is 6.32. The Bertz CT molecular complexity index is 386. The Balaban J connectivity index is 1.83. The van der Waals surface area contributed by atoms with Crippen molar-refractivity contribution < 1.29 is 4.74 Å². The summed E-state index contributed by atoms with van der Waals surface area (Å²) in [6.07, 6.45) is 5.86. The molecule has 1 heterocycles.